The van der Waals surface area contributed by atoms with Gasteiger partial charge in [0.15, 0.2) is 11.6 Å². The summed E-state index contributed by atoms with van der Waals surface area (Å²) in [5.74, 6) is -0.438. The number of carbonyl (C=O) groups excluding carboxylic acids is 1. The van der Waals surface area contributed by atoms with E-state index in [1.165, 1.54) is 54.7 Å². The van der Waals surface area contributed by atoms with E-state index in [2.05, 4.69) is 20.4 Å². The monoisotopic (exact) mass is 448 g/mol. The third-order valence-corrected chi connectivity index (χ3v) is 4.52. The van der Waals surface area contributed by atoms with E-state index in [-0.39, 0.29) is 23.3 Å². The van der Waals surface area contributed by atoms with Crippen molar-refractivity contribution in [2.75, 3.05) is 0 Å². The SMILES string of the molecule is CC(NC(=O)/C=C/c1ccc(Oc2cccnc2)c(F)c1)c1nc(-c2ccc(F)cc2)no1. The lowest BCUT2D eigenvalue weighted by Gasteiger charge is -2.07. The number of hydrogen-bond acceptors (Lipinski definition) is 6. The van der Waals surface area contributed by atoms with Gasteiger partial charge in [-0.15, -0.1) is 0 Å². The van der Waals surface area contributed by atoms with Gasteiger partial charge in [0.25, 0.3) is 0 Å². The van der Waals surface area contributed by atoms with Crippen LogP contribution >= 0.6 is 0 Å². The molecule has 1 amide bonds. The van der Waals surface area contributed by atoms with Gasteiger partial charge in [-0.2, -0.15) is 4.98 Å². The van der Waals surface area contributed by atoms with Crippen LogP contribution in [0.1, 0.15) is 24.4 Å². The first-order chi connectivity index (χ1) is 16.0. The van der Waals surface area contributed by atoms with Gasteiger partial charge >= 0.3 is 0 Å². The summed E-state index contributed by atoms with van der Waals surface area (Å²) >= 11 is 0. The van der Waals surface area contributed by atoms with E-state index in [9.17, 15) is 13.6 Å². The van der Waals surface area contributed by atoms with Crippen LogP contribution in [0.25, 0.3) is 17.5 Å². The Kier molecular flexibility index (Phi) is 6.49. The lowest BCUT2D eigenvalue weighted by atomic mass is 10.2. The second kappa shape index (κ2) is 9.82. The van der Waals surface area contributed by atoms with Gasteiger partial charge in [-0.05, 0) is 67.1 Å². The first-order valence-corrected chi connectivity index (χ1v) is 9.93. The quantitative estimate of drug-likeness (QED) is 0.396. The van der Waals surface area contributed by atoms with Gasteiger partial charge in [-0.3, -0.25) is 9.78 Å². The molecule has 2 aromatic heterocycles. The number of carbonyl (C=O) groups is 1. The van der Waals surface area contributed by atoms with Crippen LogP contribution in [0.4, 0.5) is 8.78 Å². The predicted molar refractivity (Wildman–Crippen MR) is 116 cm³/mol. The lowest BCUT2D eigenvalue weighted by molar-refractivity contribution is -0.117. The second-order valence-corrected chi connectivity index (χ2v) is 7.01. The van der Waals surface area contributed by atoms with Crippen molar-refractivity contribution in [2.24, 2.45) is 0 Å². The Morgan fingerprint density at radius 2 is 1.97 bits per heavy atom. The van der Waals surface area contributed by atoms with Crippen LogP contribution in [0.5, 0.6) is 11.5 Å². The third-order valence-electron chi connectivity index (χ3n) is 4.52. The molecule has 7 nitrogen and oxygen atoms in total. The molecule has 0 aliphatic rings. The molecule has 0 bridgehead atoms. The molecule has 166 valence electrons. The summed E-state index contributed by atoms with van der Waals surface area (Å²) in [6.07, 6.45) is 5.80. The summed E-state index contributed by atoms with van der Waals surface area (Å²) in [7, 11) is 0. The van der Waals surface area contributed by atoms with Crippen LogP contribution in [0.15, 0.2) is 77.6 Å². The highest BCUT2D eigenvalue weighted by Crippen LogP contribution is 2.25. The highest BCUT2D eigenvalue weighted by molar-refractivity contribution is 5.91. The van der Waals surface area contributed by atoms with Gasteiger partial charge in [0.05, 0.1) is 6.20 Å². The Morgan fingerprint density at radius 1 is 1.15 bits per heavy atom. The minimum absolute atomic E-state index is 0.0478. The molecule has 0 fully saturated rings. The van der Waals surface area contributed by atoms with Crippen molar-refractivity contribution in [3.05, 3.63) is 96.2 Å². The zero-order valence-electron chi connectivity index (χ0n) is 17.4. The van der Waals surface area contributed by atoms with Gasteiger partial charge in [0.1, 0.15) is 17.6 Å². The van der Waals surface area contributed by atoms with Gasteiger partial charge in [0.2, 0.25) is 17.6 Å². The van der Waals surface area contributed by atoms with E-state index in [4.69, 9.17) is 9.26 Å². The van der Waals surface area contributed by atoms with Crippen LogP contribution in [-0.2, 0) is 4.79 Å². The topological polar surface area (TPSA) is 90.1 Å². The molecule has 0 radical (unpaired) electrons. The molecular formula is C24H18F2N4O3. The number of hydrogen-bond donors (Lipinski definition) is 1. The molecule has 2 heterocycles. The summed E-state index contributed by atoms with van der Waals surface area (Å²) in [6, 6.07) is 12.8. The van der Waals surface area contributed by atoms with Crippen LogP contribution < -0.4 is 10.1 Å². The maximum absolute atomic E-state index is 14.3. The molecule has 0 spiro atoms. The fourth-order valence-electron chi connectivity index (χ4n) is 2.86. The zero-order valence-corrected chi connectivity index (χ0v) is 17.4. The molecule has 0 aliphatic heterocycles. The van der Waals surface area contributed by atoms with Gasteiger partial charge < -0.3 is 14.6 Å². The Hall–Kier alpha value is -4.40. The summed E-state index contributed by atoms with van der Waals surface area (Å²) in [6.45, 7) is 1.68. The maximum atomic E-state index is 14.3. The van der Waals surface area contributed by atoms with E-state index in [1.54, 1.807) is 31.3 Å². The van der Waals surface area contributed by atoms with Crippen LogP contribution in [-0.4, -0.2) is 21.0 Å². The van der Waals surface area contributed by atoms with E-state index < -0.39 is 17.8 Å². The average molecular weight is 448 g/mol. The summed E-state index contributed by atoms with van der Waals surface area (Å²) in [4.78, 5) is 20.4. The minimum Gasteiger partial charge on any atom is -0.453 e. The number of pyridine rings is 1. The Morgan fingerprint density at radius 3 is 2.70 bits per heavy atom. The molecule has 1 unspecified atom stereocenters. The normalized spacial score (nSPS) is 12.0. The molecule has 1 atom stereocenters. The molecule has 0 aliphatic carbocycles. The molecule has 9 heteroatoms. The number of nitrogens with one attached hydrogen (secondary N) is 1. The molecule has 0 saturated carbocycles. The number of ether oxygens (including phenoxy) is 1. The second-order valence-electron chi connectivity index (χ2n) is 7.01. The largest absolute Gasteiger partial charge is 0.453 e. The van der Waals surface area contributed by atoms with E-state index >= 15 is 0 Å². The van der Waals surface area contributed by atoms with E-state index in [1.807, 2.05) is 0 Å². The van der Waals surface area contributed by atoms with E-state index in [0.29, 0.717) is 16.9 Å². The van der Waals surface area contributed by atoms with Crippen molar-refractivity contribution in [3.63, 3.8) is 0 Å². The lowest BCUT2D eigenvalue weighted by Crippen LogP contribution is -2.24. The van der Waals surface area contributed by atoms with Crippen molar-refractivity contribution in [1.29, 1.82) is 0 Å². The van der Waals surface area contributed by atoms with Crippen molar-refractivity contribution in [1.82, 2.24) is 20.4 Å². The van der Waals surface area contributed by atoms with E-state index in [0.717, 1.165) is 0 Å². The smallest absolute Gasteiger partial charge is 0.249 e. The molecule has 1 N–H and O–H groups in total. The molecule has 0 saturated heterocycles. The molecule has 33 heavy (non-hydrogen) atoms. The van der Waals surface area contributed by atoms with Crippen LogP contribution in [0.2, 0.25) is 0 Å². The Balaban J connectivity index is 1.36. The third kappa shape index (κ3) is 5.65. The highest BCUT2D eigenvalue weighted by Gasteiger charge is 2.16. The van der Waals surface area contributed by atoms with Gasteiger partial charge in [0, 0.05) is 17.8 Å². The summed E-state index contributed by atoms with van der Waals surface area (Å²) in [5.41, 5.74) is 1.06. The van der Waals surface area contributed by atoms with Crippen molar-refractivity contribution in [3.8, 4) is 22.9 Å². The number of nitrogens with zero attached hydrogens (tertiary/aromatic N) is 3. The van der Waals surface area contributed by atoms with Crippen molar-refractivity contribution >= 4 is 12.0 Å². The fourth-order valence-corrected chi connectivity index (χ4v) is 2.86. The van der Waals surface area contributed by atoms with Crippen LogP contribution in [0.3, 0.4) is 0 Å². The molecular weight excluding hydrogens is 430 g/mol. The highest BCUT2D eigenvalue weighted by atomic mass is 19.1. The number of aromatic nitrogens is 3. The van der Waals surface area contributed by atoms with Gasteiger partial charge in [-0.25, -0.2) is 8.78 Å². The minimum atomic E-state index is -0.575. The van der Waals surface area contributed by atoms with Crippen LogP contribution in [0, 0.1) is 11.6 Å². The number of amides is 1. The maximum Gasteiger partial charge on any atom is 0.249 e. The summed E-state index contributed by atoms with van der Waals surface area (Å²) in [5, 5.41) is 6.54. The molecule has 4 aromatic rings. The van der Waals surface area contributed by atoms with Gasteiger partial charge in [-0.1, -0.05) is 11.2 Å². The number of rotatable bonds is 7. The predicted octanol–water partition coefficient (Wildman–Crippen LogP) is 5.09. The fraction of sp³-hybridized carbons (Fsp3) is 0.0833. The molecule has 2 aromatic carbocycles. The number of halogens is 2. The van der Waals surface area contributed by atoms with Crippen molar-refractivity contribution in [2.45, 2.75) is 13.0 Å². The first kappa shape index (κ1) is 21.8. The molecule has 4 rings (SSSR count). The Bertz CT molecular complexity index is 1270. The average Bonchev–Trinajstić information content (AvgIpc) is 3.31. The van der Waals surface area contributed by atoms with Crippen molar-refractivity contribution < 1.29 is 22.8 Å². The first-order valence-electron chi connectivity index (χ1n) is 9.93. The Labute approximate surface area is 187 Å². The zero-order chi connectivity index (χ0) is 23.2. The summed E-state index contributed by atoms with van der Waals surface area (Å²) < 4.78 is 38.0. The standard InChI is InChI=1S/C24H18F2N4O3/c1-15(24-29-23(30-33-24)17-6-8-18(25)9-7-17)28-22(31)11-5-16-4-10-21(20(26)13-16)32-19-3-2-12-27-14-19/h2-15H,1H3,(H,28,31)/b11-5+. The number of benzene rings is 2.